The molecule has 0 bridgehead atoms. The molecule has 0 heterocycles. The number of phenols is 1. The quantitative estimate of drug-likeness (QED) is 0.340. The topological polar surface area (TPSA) is 66.8 Å². The summed E-state index contributed by atoms with van der Waals surface area (Å²) in [7, 11) is 0. The highest BCUT2D eigenvalue weighted by Crippen LogP contribution is 2.47. The van der Waals surface area contributed by atoms with Gasteiger partial charge in [-0.15, -0.1) is 0 Å². The van der Waals surface area contributed by atoms with Gasteiger partial charge in [0.2, 0.25) is 0 Å². The van der Waals surface area contributed by atoms with E-state index in [9.17, 15) is 9.90 Å². The van der Waals surface area contributed by atoms with Crippen LogP contribution in [-0.4, -0.2) is 16.4 Å². The van der Waals surface area contributed by atoms with Crippen LogP contribution >= 0.6 is 34.8 Å². The maximum atomic E-state index is 10.7. The van der Waals surface area contributed by atoms with Gasteiger partial charge in [-0.25, -0.2) is 4.79 Å². The van der Waals surface area contributed by atoms with Crippen molar-refractivity contribution >= 4 is 41.0 Å². The predicted octanol–water partition coefficient (Wildman–Crippen LogP) is 5.14. The minimum Gasteiger partial charge on any atom is -0.503 e. The van der Waals surface area contributed by atoms with E-state index in [0.717, 1.165) is 19.3 Å². The van der Waals surface area contributed by atoms with Crippen molar-refractivity contribution in [3.8, 4) is 11.5 Å². The molecule has 106 valence electrons. The van der Waals surface area contributed by atoms with Gasteiger partial charge in [-0.3, -0.25) is 0 Å². The number of carbonyl (C=O) groups is 1. The summed E-state index contributed by atoms with van der Waals surface area (Å²) in [5.74, 6) is -0.757. The maximum Gasteiger partial charge on any atom is 0.511 e. The van der Waals surface area contributed by atoms with Gasteiger partial charge < -0.3 is 14.9 Å². The number of rotatable bonds is 5. The number of benzene rings is 1. The molecule has 0 radical (unpaired) electrons. The molecular weight excluding hydrogens is 314 g/mol. The molecule has 0 aromatic heterocycles. The molecule has 0 atom stereocenters. The number of hydrogen-bond acceptors (Lipinski definition) is 3. The Morgan fingerprint density at radius 2 is 1.79 bits per heavy atom. The maximum absolute atomic E-state index is 10.7. The molecule has 1 aromatic rings. The fraction of sp³-hybridized carbons (Fsp3) is 0.417. The Labute approximate surface area is 125 Å². The molecule has 0 saturated carbocycles. The van der Waals surface area contributed by atoms with Crippen LogP contribution in [0.3, 0.4) is 0 Å². The van der Waals surface area contributed by atoms with Crippen LogP contribution in [0.15, 0.2) is 0 Å². The average molecular weight is 328 g/mol. The first-order valence-electron chi connectivity index (χ1n) is 5.69. The minimum atomic E-state index is -1.55. The molecular formula is C12H13Cl3O4. The molecule has 0 unspecified atom stereocenters. The first-order valence-corrected chi connectivity index (χ1v) is 6.82. The van der Waals surface area contributed by atoms with Gasteiger partial charge in [0.1, 0.15) is 5.02 Å². The van der Waals surface area contributed by atoms with E-state index >= 15 is 0 Å². The monoisotopic (exact) mass is 326 g/mol. The van der Waals surface area contributed by atoms with Gasteiger partial charge in [-0.05, 0) is 12.8 Å². The highest BCUT2D eigenvalue weighted by molar-refractivity contribution is 6.49. The van der Waals surface area contributed by atoms with E-state index in [4.69, 9.17) is 39.9 Å². The van der Waals surface area contributed by atoms with Gasteiger partial charge in [0.15, 0.2) is 11.5 Å². The van der Waals surface area contributed by atoms with E-state index in [2.05, 4.69) is 4.74 Å². The lowest BCUT2D eigenvalue weighted by atomic mass is 10.1. The SMILES string of the molecule is CCCCCc1c(Cl)c(Cl)c(Cl)c(O)c1OC(=O)O. The lowest BCUT2D eigenvalue weighted by molar-refractivity contribution is 0.142. The molecule has 0 amide bonds. The molecule has 1 aromatic carbocycles. The van der Waals surface area contributed by atoms with Crippen molar-refractivity contribution < 1.29 is 19.7 Å². The number of halogens is 3. The predicted molar refractivity (Wildman–Crippen MR) is 75.0 cm³/mol. The largest absolute Gasteiger partial charge is 0.511 e. The van der Waals surface area contributed by atoms with E-state index in [1.165, 1.54) is 0 Å². The first-order chi connectivity index (χ1) is 8.90. The summed E-state index contributed by atoms with van der Waals surface area (Å²) in [5, 5.41) is 18.4. The van der Waals surface area contributed by atoms with Crippen LogP contribution in [0.25, 0.3) is 0 Å². The third kappa shape index (κ3) is 3.81. The lowest BCUT2D eigenvalue weighted by Gasteiger charge is -2.14. The second kappa shape index (κ2) is 7.08. The third-order valence-electron chi connectivity index (χ3n) is 2.57. The van der Waals surface area contributed by atoms with E-state index in [0.29, 0.717) is 12.0 Å². The molecule has 7 heteroatoms. The normalized spacial score (nSPS) is 10.5. The molecule has 19 heavy (non-hydrogen) atoms. The van der Waals surface area contributed by atoms with Crippen LogP contribution in [0.1, 0.15) is 31.7 Å². The second-order valence-corrected chi connectivity index (χ2v) is 5.06. The highest BCUT2D eigenvalue weighted by Gasteiger charge is 2.23. The first kappa shape index (κ1) is 16.2. The Hall–Kier alpha value is -0.840. The number of aromatic hydroxyl groups is 1. The smallest absolute Gasteiger partial charge is 0.503 e. The second-order valence-electron chi connectivity index (χ2n) is 3.92. The van der Waals surface area contributed by atoms with Crippen LogP contribution in [0.2, 0.25) is 15.1 Å². The average Bonchev–Trinajstić information content (AvgIpc) is 2.36. The van der Waals surface area contributed by atoms with Gasteiger partial charge in [0.05, 0.1) is 10.0 Å². The van der Waals surface area contributed by atoms with Gasteiger partial charge in [0.25, 0.3) is 0 Å². The Kier molecular flexibility index (Phi) is 6.04. The van der Waals surface area contributed by atoms with Crippen molar-refractivity contribution in [1.29, 1.82) is 0 Å². The zero-order chi connectivity index (χ0) is 14.6. The minimum absolute atomic E-state index is 0.00919. The molecule has 0 fully saturated rings. The zero-order valence-corrected chi connectivity index (χ0v) is 12.4. The molecule has 0 aliphatic carbocycles. The summed E-state index contributed by atoms with van der Waals surface area (Å²) in [5.41, 5.74) is 0.351. The van der Waals surface area contributed by atoms with Crippen molar-refractivity contribution in [3.05, 3.63) is 20.6 Å². The van der Waals surface area contributed by atoms with E-state index < -0.39 is 11.9 Å². The van der Waals surface area contributed by atoms with Crippen LogP contribution in [0.4, 0.5) is 4.79 Å². The van der Waals surface area contributed by atoms with Crippen LogP contribution in [0.5, 0.6) is 11.5 Å². The van der Waals surface area contributed by atoms with Crippen LogP contribution in [-0.2, 0) is 6.42 Å². The molecule has 0 spiro atoms. The van der Waals surface area contributed by atoms with Crippen molar-refractivity contribution in [2.24, 2.45) is 0 Å². The summed E-state index contributed by atoms with van der Waals surface area (Å²) in [4.78, 5) is 10.7. The Morgan fingerprint density at radius 1 is 1.16 bits per heavy atom. The summed E-state index contributed by atoms with van der Waals surface area (Å²) < 4.78 is 4.56. The van der Waals surface area contributed by atoms with E-state index in [-0.39, 0.29) is 20.8 Å². The fourth-order valence-corrected chi connectivity index (χ4v) is 2.35. The summed E-state index contributed by atoms with van der Waals surface area (Å²) in [6.45, 7) is 2.03. The summed E-state index contributed by atoms with van der Waals surface area (Å²) >= 11 is 17.7. The Bertz CT molecular complexity index is 489. The number of hydrogen-bond donors (Lipinski definition) is 2. The number of unbranched alkanes of at least 4 members (excludes halogenated alkanes) is 2. The molecule has 2 N–H and O–H groups in total. The van der Waals surface area contributed by atoms with E-state index in [1.54, 1.807) is 0 Å². The molecule has 4 nitrogen and oxygen atoms in total. The van der Waals surface area contributed by atoms with E-state index in [1.807, 2.05) is 6.92 Å². The van der Waals surface area contributed by atoms with Crippen LogP contribution < -0.4 is 4.74 Å². The van der Waals surface area contributed by atoms with Crippen molar-refractivity contribution in [2.75, 3.05) is 0 Å². The van der Waals surface area contributed by atoms with Crippen molar-refractivity contribution in [2.45, 2.75) is 32.6 Å². The Morgan fingerprint density at radius 3 is 2.32 bits per heavy atom. The van der Waals surface area contributed by atoms with Gasteiger partial charge in [-0.1, -0.05) is 54.6 Å². The summed E-state index contributed by atoms with van der Waals surface area (Å²) in [6, 6.07) is 0. The number of phenolic OH excluding ortho intramolecular Hbond substituents is 1. The summed E-state index contributed by atoms with van der Waals surface area (Å²) in [6.07, 6.45) is 1.58. The third-order valence-corrected chi connectivity index (χ3v) is 3.92. The zero-order valence-electron chi connectivity index (χ0n) is 10.2. The van der Waals surface area contributed by atoms with Gasteiger partial charge >= 0.3 is 6.16 Å². The van der Waals surface area contributed by atoms with Gasteiger partial charge in [-0.2, -0.15) is 0 Å². The molecule has 1 rings (SSSR count). The van der Waals surface area contributed by atoms with Crippen molar-refractivity contribution in [3.63, 3.8) is 0 Å². The number of carboxylic acid groups (broad SMARTS) is 1. The molecule has 0 aliphatic heterocycles. The Balaban J connectivity index is 3.26. The highest BCUT2D eigenvalue weighted by atomic mass is 35.5. The molecule has 0 saturated heterocycles. The van der Waals surface area contributed by atoms with Crippen LogP contribution in [0, 0.1) is 0 Å². The lowest BCUT2D eigenvalue weighted by Crippen LogP contribution is -2.07. The van der Waals surface area contributed by atoms with Gasteiger partial charge in [0, 0.05) is 5.56 Å². The molecule has 0 aliphatic rings. The standard InChI is InChI=1S/C12H13Cl3O4/c1-2-3-4-5-6-7(13)8(14)9(15)10(16)11(6)19-12(17)18/h16H,2-5H2,1H3,(H,17,18). The number of ether oxygens (including phenoxy) is 1. The van der Waals surface area contributed by atoms with Crippen molar-refractivity contribution in [1.82, 2.24) is 0 Å². The fourth-order valence-electron chi connectivity index (χ4n) is 1.65.